The molecule has 10 aliphatic rings. The summed E-state index contributed by atoms with van der Waals surface area (Å²) >= 11 is 12.4. The molecule has 10 aromatic carbocycles. The summed E-state index contributed by atoms with van der Waals surface area (Å²) in [6.07, 6.45) is 2.76. The summed E-state index contributed by atoms with van der Waals surface area (Å²) < 4.78 is 256. The molecular weight excluding hydrogens is 1580 g/mol. The van der Waals surface area contributed by atoms with Crippen molar-refractivity contribution < 1.29 is 106 Å². The molecule has 0 saturated carbocycles. The van der Waals surface area contributed by atoms with Gasteiger partial charge in [0.1, 0.15) is 6.29 Å². The number of benzene rings is 10. The molecule has 0 atom stereocenters. The van der Waals surface area contributed by atoms with E-state index in [2.05, 4.69) is 291 Å². The van der Waals surface area contributed by atoms with Gasteiger partial charge in [0.15, 0.2) is 11.6 Å². The highest BCUT2D eigenvalue weighted by atomic mass is 35.5. The number of carbonyl (C=O) groups is 3. The lowest BCUT2D eigenvalue weighted by molar-refractivity contribution is -0.0586. The van der Waals surface area contributed by atoms with Crippen LogP contribution in [0.2, 0.25) is 10.0 Å². The largest absolute Gasteiger partial charge is 0.524 e. The second kappa shape index (κ2) is 25.4. The minimum Gasteiger partial charge on any atom is -0.309 e. The molecule has 0 aromatic heterocycles. The van der Waals surface area contributed by atoms with Crippen molar-refractivity contribution in [1.82, 2.24) is 0 Å². The van der Waals surface area contributed by atoms with Crippen LogP contribution in [0.5, 0.6) is 0 Å². The van der Waals surface area contributed by atoms with E-state index in [0.717, 1.165) is 17.4 Å². The Labute approximate surface area is 729 Å². The van der Waals surface area contributed by atoms with Gasteiger partial charge < -0.3 is 14.7 Å². The van der Waals surface area contributed by atoms with Crippen LogP contribution in [-0.2, 0) is 72.6 Å². The highest BCUT2D eigenvalue weighted by Gasteiger charge is 2.59. The van der Waals surface area contributed by atoms with Crippen LogP contribution in [0.4, 0.5) is 81.9 Å². The maximum atomic E-state index is 13.5. The molecule has 11 nitrogen and oxygen atoms in total. The van der Waals surface area contributed by atoms with Gasteiger partial charge in [0.05, 0.1) is 75.3 Å². The Kier molecular flexibility index (Phi) is 14.2. The Morgan fingerprint density at radius 1 is 0.350 bits per heavy atom. The summed E-state index contributed by atoms with van der Waals surface area (Å²) in [6.45, 7) is 42.1. The molecule has 20 rings (SSSR count). The van der Waals surface area contributed by atoms with Crippen molar-refractivity contribution in [3.05, 3.63) is 302 Å². The summed E-state index contributed by atoms with van der Waals surface area (Å²) in [5.41, 5.74) is 24.8. The van der Waals surface area contributed by atoms with Gasteiger partial charge in [-0.15, -0.1) is 3.63 Å². The van der Waals surface area contributed by atoms with Gasteiger partial charge in [0, 0.05) is 104 Å². The van der Waals surface area contributed by atoms with Crippen LogP contribution in [0.3, 0.4) is 0 Å². The number of anilines is 9. The van der Waals surface area contributed by atoms with Crippen LogP contribution >= 0.6 is 23.2 Å². The van der Waals surface area contributed by atoms with E-state index in [1.54, 1.807) is 6.08 Å². The Hall–Kier alpha value is -9.70. The van der Waals surface area contributed by atoms with Gasteiger partial charge >= 0.3 is 31.3 Å². The number of nitrogens with zero attached hydrogens (tertiary/aromatic N) is 3. The first-order valence-corrected chi connectivity index (χ1v) is 42.0. The first kappa shape index (κ1) is 65.3. The Morgan fingerprint density at radius 3 is 0.701 bits per heavy atom. The average Bonchev–Trinajstić information content (AvgIpc) is 0.866. The maximum Gasteiger partial charge on any atom is 0.524 e. The van der Waals surface area contributed by atoms with E-state index < -0.39 is 38.4 Å². The smallest absolute Gasteiger partial charge is 0.309 e. The second-order valence-corrected chi connectivity index (χ2v) is 40.6. The summed E-state index contributed by atoms with van der Waals surface area (Å²) in [5, 5.41) is 0.528. The lowest BCUT2D eigenvalue weighted by atomic mass is 9.60. The summed E-state index contributed by atoms with van der Waals surface area (Å²) in [4.78, 5) is 46.5. The molecule has 630 valence electrons. The third kappa shape index (κ3) is 10.9. The van der Waals surface area contributed by atoms with Crippen molar-refractivity contribution >= 4 is 119 Å². The molecular formula is C95H112Cl2F7N3O8S2. The van der Waals surface area contributed by atoms with E-state index in [9.17, 15) is 62.0 Å². The van der Waals surface area contributed by atoms with Crippen molar-refractivity contribution in [1.29, 1.82) is 0 Å². The number of Topliss-reactive ketones (excluding diaryl/α,β-unsaturated/α-hetero) is 2. The number of hydrogen-bond donors (Lipinski definition) is 0. The molecule has 0 saturated heterocycles. The first-order valence-electron chi connectivity index (χ1n) is 52.1. The molecule has 0 bridgehead atoms. The lowest BCUT2D eigenvalue weighted by Gasteiger charge is -2.55. The lowest BCUT2D eigenvalue weighted by Crippen LogP contribution is -2.43. The molecule has 0 spiro atoms. The average molecular weight is 1720 g/mol. The third-order valence-corrected chi connectivity index (χ3v) is 30.2. The molecule has 22 heteroatoms. The number of fused-ring (bicyclic) bond motifs is 1. The van der Waals surface area contributed by atoms with Gasteiger partial charge in [0.2, 0.25) is 0 Å². The summed E-state index contributed by atoms with van der Waals surface area (Å²) in [6, 6.07) is 59.4. The summed E-state index contributed by atoms with van der Waals surface area (Å²) in [7, 11) is -14.7. The van der Waals surface area contributed by atoms with Crippen LogP contribution in [0.25, 0.3) is 6.08 Å². The quantitative estimate of drug-likeness (QED) is 0.0547. The number of carbonyl (C=O) groups excluding carboxylic acids is 3. The fourth-order valence-corrected chi connectivity index (χ4v) is 22.4. The van der Waals surface area contributed by atoms with Crippen molar-refractivity contribution in [3.8, 4) is 0 Å². The summed E-state index contributed by atoms with van der Waals surface area (Å²) in [5.74, 6) is -0.636. The highest BCUT2D eigenvalue weighted by molar-refractivity contribution is 8.00. The number of ketones is 2. The van der Waals surface area contributed by atoms with E-state index >= 15 is 0 Å². The zero-order valence-corrected chi connectivity index (χ0v) is 70.9. The number of para-hydroxylation sites is 7. The minimum atomic E-state index is -6.85. The van der Waals surface area contributed by atoms with Gasteiger partial charge in [-0.25, -0.2) is 0 Å². The molecule has 117 heavy (non-hydrogen) atoms. The van der Waals surface area contributed by atoms with Crippen LogP contribution in [0.15, 0.2) is 169 Å². The number of halogens is 9. The number of aldehydes is 1. The van der Waals surface area contributed by atoms with E-state index in [4.69, 9.17) is 63.2 Å². The number of alkyl halides is 7. The van der Waals surface area contributed by atoms with Gasteiger partial charge in [-0.3, -0.25) is 18.8 Å². The minimum absolute atomic E-state index is 0.0108. The molecule has 10 aromatic rings. The SMILES string of the molecule is CC1(C)c2cccc3c2N2c4c1cccc4C(C)(C)c1cc(C=C4C(=O)c5cc(Cl)c(Cl)cc5C4=O)cc(c12)C3(C)C.CC1(C)c2cccc3c2N2c4c1cccc4C(C)(C)c1cc(C=O)cc(c12)C3(C)C.CC1(C)c2cccc3c2N2c4c1cccc4C(C)(C)c1cccc(c12)C3(C)C.O=S(=O)(OS(=O)(=O)C(F)(F)F)C(F)(F)F.[2H]CF.[2H][2H].[2H][2H].[2H][2H].[2H][2H].[2H][2H].[2H][2H].[2H][2H].[2H][2H].[2H][2H].[2H][2H].[2H][2H].[2H][2H].[2H][2H]. The molecule has 0 unspecified atom stereocenters. The van der Waals surface area contributed by atoms with Gasteiger partial charge in [-0.05, 0) is 148 Å². The van der Waals surface area contributed by atoms with E-state index in [1.165, 1.54) is 163 Å². The van der Waals surface area contributed by atoms with Crippen LogP contribution in [0.1, 0.15) is 301 Å². The van der Waals surface area contributed by atoms with Crippen molar-refractivity contribution in [2.45, 2.75) is 184 Å². The van der Waals surface area contributed by atoms with Crippen molar-refractivity contribution in [2.75, 3.05) is 21.9 Å². The van der Waals surface area contributed by atoms with Crippen molar-refractivity contribution in [3.63, 3.8) is 0 Å². The molecule has 9 heterocycles. The molecule has 0 fully saturated rings. The fourth-order valence-electron chi connectivity index (χ4n) is 20.5. The molecule has 1 aliphatic carbocycles. The van der Waals surface area contributed by atoms with Crippen molar-refractivity contribution in [2.24, 2.45) is 0 Å². The first-order chi connectivity index (χ1) is 67.7. The molecule has 0 radical (unpaired) electrons. The Morgan fingerprint density at radius 2 is 0.521 bits per heavy atom. The standard InChI is InChI=1S/C37H29Cl2NO2.C28H27NO.C27H27N.C2F6O5S2.CH3F.13H2/c1-35(2)22-9-7-11-24-30(22)40-31-23(35)10-8-12-25(31)37(5,6)27-15-18(14-26(32(27)40)36(24,3)4)13-21-33(41)19-16-28(38)29(39)17-20(19)34(21)42;1-26(2)17-9-7-11-19-23(17)29-24-18(26)10-8-12-20(24)28(5,6)22-14-16(15-30)13-21(25(22)29)27(19,3)4;1-25(2)16-10-7-12-18-22(16)28-23-17(25)11-8-13-19(23)27(5,6)21-15-9-14-20(24(21)28)26(18,3)4;3-1(4,5)14(9,10)13-15(11,12)2(6,7)8;1-2;;;;;;;;;;;;;/h7-17H,1-6H3;7-15H,1-6H3;7-15H,1-6H3;;1H3;13*1H/i;;;;1D;13*1+1D. The normalized spacial score (nSPS) is 19.9. The van der Waals surface area contributed by atoms with E-state index in [1.807, 2.05) is 3.63 Å². The van der Waals surface area contributed by atoms with E-state index in [-0.39, 0.29) is 75.9 Å². The zero-order valence-electron chi connectivity index (χ0n) is 94.8. The topological polar surface area (TPSA) is 138 Å². The fraction of sp³-hybridized carbons (Fsp3) is 0.316. The third-order valence-electron chi connectivity index (χ3n) is 26.9. The number of rotatable bonds is 4. The molecule has 0 N–H and O–H groups in total. The predicted molar refractivity (Wildman–Crippen MR) is 477 cm³/mol. The zero-order chi connectivity index (χ0) is 112. The Balaban J connectivity index is 0.000000469. The second-order valence-electron chi connectivity index (χ2n) is 36.5. The molecule has 9 aliphatic heterocycles. The predicted octanol–water partition coefficient (Wildman–Crippen LogP) is 28.3. The number of hydrogen-bond acceptors (Lipinski definition) is 11. The van der Waals surface area contributed by atoms with Crippen LogP contribution in [0, 0.1) is 0 Å². The maximum absolute atomic E-state index is 13.5. The van der Waals surface area contributed by atoms with Gasteiger partial charge in [-0.1, -0.05) is 275 Å². The monoisotopic (exact) mass is 1720 g/mol. The Bertz CT molecular complexity index is 6070. The van der Waals surface area contributed by atoms with Gasteiger partial charge in [0.25, 0.3) is 0 Å². The molecule has 0 amide bonds. The van der Waals surface area contributed by atoms with Crippen LogP contribution < -0.4 is 14.7 Å². The van der Waals surface area contributed by atoms with Crippen LogP contribution in [-0.4, -0.2) is 52.9 Å². The van der Waals surface area contributed by atoms with E-state index in [0.29, 0.717) is 11.1 Å². The highest BCUT2D eigenvalue weighted by Crippen LogP contribution is 2.70. The number of allylic oxidation sites excluding steroid dienone is 1. The van der Waals surface area contributed by atoms with Gasteiger partial charge in [-0.2, -0.15) is 43.2 Å².